The molecular formula is C12H17FN2OS. The number of para-hydroxylation sites is 1. The summed E-state index contributed by atoms with van der Waals surface area (Å²) in [6, 6.07) is 4.24. The summed E-state index contributed by atoms with van der Waals surface area (Å²) >= 11 is 1.78. The van der Waals surface area contributed by atoms with E-state index in [0.29, 0.717) is 6.54 Å². The van der Waals surface area contributed by atoms with Gasteiger partial charge in [0.25, 0.3) is 5.91 Å². The van der Waals surface area contributed by atoms with Crippen molar-refractivity contribution in [1.29, 1.82) is 0 Å². The van der Waals surface area contributed by atoms with E-state index in [1.54, 1.807) is 11.8 Å². The predicted octanol–water partition coefficient (Wildman–Crippen LogP) is 2.28. The molecule has 94 valence electrons. The van der Waals surface area contributed by atoms with Gasteiger partial charge in [0, 0.05) is 6.54 Å². The molecule has 5 heteroatoms. The zero-order valence-electron chi connectivity index (χ0n) is 9.83. The first-order valence-corrected chi connectivity index (χ1v) is 6.87. The number of rotatable bonds is 6. The molecule has 1 amide bonds. The molecule has 3 N–H and O–H groups in total. The molecule has 1 aromatic rings. The average molecular weight is 256 g/mol. The minimum atomic E-state index is -0.556. The van der Waals surface area contributed by atoms with Crippen molar-refractivity contribution in [3.63, 3.8) is 0 Å². The van der Waals surface area contributed by atoms with Gasteiger partial charge >= 0.3 is 0 Å². The van der Waals surface area contributed by atoms with Gasteiger partial charge in [-0.05, 0) is 37.0 Å². The van der Waals surface area contributed by atoms with Crippen LogP contribution in [0.1, 0.15) is 23.2 Å². The summed E-state index contributed by atoms with van der Waals surface area (Å²) in [5, 5.41) is 2.73. The smallest absolute Gasteiger partial charge is 0.253 e. The molecule has 3 nitrogen and oxygen atoms in total. The molecule has 0 unspecified atom stereocenters. The summed E-state index contributed by atoms with van der Waals surface area (Å²) in [4.78, 5) is 11.7. The quantitative estimate of drug-likeness (QED) is 0.606. The van der Waals surface area contributed by atoms with Gasteiger partial charge in [-0.25, -0.2) is 4.39 Å². The Hall–Kier alpha value is -1.23. The molecule has 0 aliphatic carbocycles. The number of benzene rings is 1. The highest BCUT2D eigenvalue weighted by Crippen LogP contribution is 2.15. The Morgan fingerprint density at radius 1 is 1.47 bits per heavy atom. The Labute approximate surface area is 105 Å². The van der Waals surface area contributed by atoms with E-state index in [0.717, 1.165) is 18.6 Å². The number of amides is 1. The topological polar surface area (TPSA) is 55.1 Å². The van der Waals surface area contributed by atoms with Gasteiger partial charge < -0.3 is 11.1 Å². The molecule has 1 aromatic carbocycles. The van der Waals surface area contributed by atoms with E-state index >= 15 is 0 Å². The van der Waals surface area contributed by atoms with Crippen LogP contribution in [0.15, 0.2) is 18.2 Å². The normalized spacial score (nSPS) is 10.2. The maximum absolute atomic E-state index is 13.1. The van der Waals surface area contributed by atoms with Gasteiger partial charge in [-0.3, -0.25) is 4.79 Å². The van der Waals surface area contributed by atoms with Crippen molar-refractivity contribution in [1.82, 2.24) is 5.32 Å². The van der Waals surface area contributed by atoms with E-state index in [1.165, 1.54) is 18.2 Å². The second-order valence-electron chi connectivity index (χ2n) is 3.66. The van der Waals surface area contributed by atoms with Gasteiger partial charge in [-0.2, -0.15) is 11.8 Å². The van der Waals surface area contributed by atoms with Crippen LogP contribution in [0.25, 0.3) is 0 Å². The Bertz CT molecular complexity index is 385. The van der Waals surface area contributed by atoms with Crippen molar-refractivity contribution in [2.75, 3.05) is 24.3 Å². The molecule has 0 atom stereocenters. The number of anilines is 1. The zero-order valence-corrected chi connectivity index (χ0v) is 10.6. The lowest BCUT2D eigenvalue weighted by Gasteiger charge is -2.07. The highest BCUT2D eigenvalue weighted by molar-refractivity contribution is 7.98. The number of carbonyl (C=O) groups excluding carboxylic acids is 1. The van der Waals surface area contributed by atoms with Gasteiger partial charge in [-0.15, -0.1) is 0 Å². The van der Waals surface area contributed by atoms with Gasteiger partial charge in [0.15, 0.2) is 0 Å². The van der Waals surface area contributed by atoms with Crippen LogP contribution in [0.2, 0.25) is 0 Å². The lowest BCUT2D eigenvalue weighted by molar-refractivity contribution is 0.0953. The molecular weight excluding hydrogens is 239 g/mol. The van der Waals surface area contributed by atoms with E-state index in [1.807, 2.05) is 6.26 Å². The Morgan fingerprint density at radius 3 is 2.94 bits per heavy atom. The number of unbranched alkanes of at least 4 members (excludes halogenated alkanes) is 1. The van der Waals surface area contributed by atoms with Crippen molar-refractivity contribution >= 4 is 23.4 Å². The maximum Gasteiger partial charge on any atom is 0.253 e. The Morgan fingerprint density at radius 2 is 2.24 bits per heavy atom. The summed E-state index contributed by atoms with van der Waals surface area (Å²) < 4.78 is 13.1. The fraction of sp³-hybridized carbons (Fsp3) is 0.417. The lowest BCUT2D eigenvalue weighted by Crippen LogP contribution is -2.25. The third-order valence-electron chi connectivity index (χ3n) is 2.36. The lowest BCUT2D eigenvalue weighted by atomic mass is 10.1. The van der Waals surface area contributed by atoms with Crippen molar-refractivity contribution in [2.45, 2.75) is 12.8 Å². The monoisotopic (exact) mass is 256 g/mol. The number of hydrogen-bond donors (Lipinski definition) is 2. The van der Waals surface area contributed by atoms with Crippen molar-refractivity contribution in [3.8, 4) is 0 Å². The fourth-order valence-corrected chi connectivity index (χ4v) is 1.90. The molecule has 0 radical (unpaired) electrons. The van der Waals surface area contributed by atoms with Crippen LogP contribution in [-0.2, 0) is 0 Å². The number of hydrogen-bond acceptors (Lipinski definition) is 3. The summed E-state index contributed by atoms with van der Waals surface area (Å²) in [5.41, 5.74) is 5.61. The number of nitrogens with two attached hydrogens (primary N) is 1. The number of nitrogens with one attached hydrogen (secondary N) is 1. The van der Waals surface area contributed by atoms with Gasteiger partial charge in [0.05, 0.1) is 11.3 Å². The van der Waals surface area contributed by atoms with E-state index in [4.69, 9.17) is 5.73 Å². The first-order valence-electron chi connectivity index (χ1n) is 5.48. The predicted molar refractivity (Wildman–Crippen MR) is 70.8 cm³/mol. The zero-order chi connectivity index (χ0) is 12.7. The van der Waals surface area contributed by atoms with Crippen LogP contribution in [0.3, 0.4) is 0 Å². The number of halogens is 1. The Balaban J connectivity index is 2.44. The largest absolute Gasteiger partial charge is 0.396 e. The van der Waals surface area contributed by atoms with Crippen LogP contribution in [0.5, 0.6) is 0 Å². The van der Waals surface area contributed by atoms with Crippen LogP contribution < -0.4 is 11.1 Å². The highest BCUT2D eigenvalue weighted by atomic mass is 32.2. The van der Waals surface area contributed by atoms with Crippen LogP contribution >= 0.6 is 11.8 Å². The summed E-state index contributed by atoms with van der Waals surface area (Å²) in [6.45, 7) is 0.593. The van der Waals surface area contributed by atoms with E-state index in [-0.39, 0.29) is 17.2 Å². The molecule has 0 aliphatic heterocycles. The maximum atomic E-state index is 13.1. The summed E-state index contributed by atoms with van der Waals surface area (Å²) in [7, 11) is 0. The van der Waals surface area contributed by atoms with Crippen molar-refractivity contribution < 1.29 is 9.18 Å². The number of nitrogen functional groups attached to an aromatic ring is 1. The second-order valence-corrected chi connectivity index (χ2v) is 4.64. The molecule has 0 saturated carbocycles. The average Bonchev–Trinajstić information content (AvgIpc) is 2.32. The van der Waals surface area contributed by atoms with Crippen molar-refractivity contribution in [2.24, 2.45) is 0 Å². The van der Waals surface area contributed by atoms with Crippen LogP contribution in [0.4, 0.5) is 10.1 Å². The fourth-order valence-electron chi connectivity index (χ4n) is 1.40. The summed E-state index contributed by atoms with van der Waals surface area (Å²) in [5.74, 6) is 0.212. The highest BCUT2D eigenvalue weighted by Gasteiger charge is 2.11. The van der Waals surface area contributed by atoms with Gasteiger partial charge in [0.1, 0.15) is 5.82 Å². The molecule has 0 aromatic heterocycles. The summed E-state index contributed by atoms with van der Waals surface area (Å²) in [6.07, 6.45) is 4.02. The SMILES string of the molecule is CSCCCCNC(=O)c1cccc(F)c1N. The van der Waals surface area contributed by atoms with E-state index < -0.39 is 5.82 Å². The number of thioether (sulfide) groups is 1. The molecule has 0 fully saturated rings. The third kappa shape index (κ3) is 4.26. The van der Waals surface area contributed by atoms with Crippen LogP contribution in [-0.4, -0.2) is 24.5 Å². The molecule has 0 heterocycles. The van der Waals surface area contributed by atoms with Gasteiger partial charge in [0.2, 0.25) is 0 Å². The number of carbonyl (C=O) groups is 1. The molecule has 1 rings (SSSR count). The van der Waals surface area contributed by atoms with Gasteiger partial charge in [-0.1, -0.05) is 6.07 Å². The molecule has 0 aliphatic rings. The van der Waals surface area contributed by atoms with E-state index in [2.05, 4.69) is 5.32 Å². The van der Waals surface area contributed by atoms with Crippen molar-refractivity contribution in [3.05, 3.63) is 29.6 Å². The molecule has 0 spiro atoms. The first-order chi connectivity index (χ1) is 8.16. The second kappa shape index (κ2) is 7.17. The van der Waals surface area contributed by atoms with E-state index in [9.17, 15) is 9.18 Å². The molecule has 17 heavy (non-hydrogen) atoms. The molecule has 0 saturated heterocycles. The van der Waals surface area contributed by atoms with Crippen LogP contribution in [0, 0.1) is 5.82 Å². The first kappa shape index (κ1) is 13.8. The minimum absolute atomic E-state index is 0.0888. The Kier molecular flexibility index (Phi) is 5.83. The standard InChI is InChI=1S/C12H17FN2OS/c1-17-8-3-2-7-15-12(16)9-5-4-6-10(13)11(9)14/h4-6H,2-3,7-8,14H2,1H3,(H,15,16). The third-order valence-corrected chi connectivity index (χ3v) is 3.06. The minimum Gasteiger partial charge on any atom is -0.396 e. The molecule has 0 bridgehead atoms.